The van der Waals surface area contributed by atoms with Gasteiger partial charge in [0.25, 0.3) is 0 Å². The number of amides is 1. The maximum atomic E-state index is 12.0. The van der Waals surface area contributed by atoms with Gasteiger partial charge in [-0.3, -0.25) is 0 Å². The Morgan fingerprint density at radius 3 is 2.86 bits per heavy atom. The van der Waals surface area contributed by atoms with Crippen LogP contribution in [-0.4, -0.2) is 30.2 Å². The minimum absolute atomic E-state index is 0.174. The molecule has 114 valence electrons. The van der Waals surface area contributed by atoms with Gasteiger partial charge in [-0.05, 0) is 38.3 Å². The molecule has 1 saturated heterocycles. The van der Waals surface area contributed by atoms with Crippen LogP contribution in [0.2, 0.25) is 0 Å². The number of nitrogens with zero attached hydrogens (tertiary/aromatic N) is 1. The quantitative estimate of drug-likeness (QED) is 0.741. The van der Waals surface area contributed by atoms with Gasteiger partial charge in [-0.15, -0.1) is 0 Å². The maximum absolute atomic E-state index is 12.0. The standard InChI is InChI=1S/C19H21NO2/c1-2-22-19(21)20-14-13-17-16(9-6-10-18(17)20)12-11-15-7-4-3-5-8-15/h3-5,7-9,17-18H,2,6,10,13-14H2,1H3. The first-order chi connectivity index (χ1) is 10.8. The summed E-state index contributed by atoms with van der Waals surface area (Å²) in [5.41, 5.74) is 2.22. The number of likely N-dealkylation sites (tertiary alicyclic amines) is 1. The van der Waals surface area contributed by atoms with Gasteiger partial charge in [-0.1, -0.05) is 36.1 Å². The van der Waals surface area contributed by atoms with Crippen LogP contribution in [0.25, 0.3) is 0 Å². The summed E-state index contributed by atoms with van der Waals surface area (Å²) in [4.78, 5) is 13.9. The lowest BCUT2D eigenvalue weighted by Crippen LogP contribution is -2.39. The monoisotopic (exact) mass is 295 g/mol. The largest absolute Gasteiger partial charge is 0.450 e. The van der Waals surface area contributed by atoms with Gasteiger partial charge in [0, 0.05) is 29.6 Å². The zero-order valence-electron chi connectivity index (χ0n) is 12.9. The van der Waals surface area contributed by atoms with Crippen molar-refractivity contribution < 1.29 is 9.53 Å². The van der Waals surface area contributed by atoms with Gasteiger partial charge < -0.3 is 9.64 Å². The molecule has 0 aromatic heterocycles. The maximum Gasteiger partial charge on any atom is 0.410 e. The van der Waals surface area contributed by atoms with Crippen LogP contribution >= 0.6 is 0 Å². The predicted molar refractivity (Wildman–Crippen MR) is 86.3 cm³/mol. The summed E-state index contributed by atoms with van der Waals surface area (Å²) in [5, 5.41) is 0. The second kappa shape index (κ2) is 6.70. The van der Waals surface area contributed by atoms with E-state index in [9.17, 15) is 4.79 Å². The van der Waals surface area contributed by atoms with E-state index in [0.29, 0.717) is 12.5 Å². The van der Waals surface area contributed by atoms with Crippen molar-refractivity contribution in [1.29, 1.82) is 0 Å². The Balaban J connectivity index is 1.75. The van der Waals surface area contributed by atoms with Gasteiger partial charge in [0.2, 0.25) is 0 Å². The Hall–Kier alpha value is -2.21. The second-order valence-electron chi connectivity index (χ2n) is 5.71. The van der Waals surface area contributed by atoms with Gasteiger partial charge in [-0.25, -0.2) is 4.79 Å². The molecular weight excluding hydrogens is 274 g/mol. The van der Waals surface area contributed by atoms with E-state index in [0.717, 1.165) is 31.4 Å². The van der Waals surface area contributed by atoms with E-state index in [2.05, 4.69) is 17.9 Å². The number of carbonyl (C=O) groups excluding carboxylic acids is 1. The van der Waals surface area contributed by atoms with Crippen LogP contribution in [0.15, 0.2) is 42.0 Å². The molecule has 2 unspecified atom stereocenters. The summed E-state index contributed by atoms with van der Waals surface area (Å²) in [6.07, 6.45) is 5.05. The van der Waals surface area contributed by atoms with E-state index in [-0.39, 0.29) is 12.1 Å². The SMILES string of the molecule is CCOC(=O)N1CCC2C(C#Cc3ccccc3)=CCCC21. The lowest BCUT2D eigenvalue weighted by atomic mass is 9.84. The minimum atomic E-state index is -0.174. The highest BCUT2D eigenvalue weighted by Gasteiger charge is 2.40. The number of ether oxygens (including phenoxy) is 1. The molecule has 0 N–H and O–H groups in total. The van der Waals surface area contributed by atoms with Crippen molar-refractivity contribution >= 4 is 6.09 Å². The number of fused-ring (bicyclic) bond motifs is 1. The van der Waals surface area contributed by atoms with Gasteiger partial charge in [0.1, 0.15) is 0 Å². The van der Waals surface area contributed by atoms with Gasteiger partial charge in [0.15, 0.2) is 0 Å². The van der Waals surface area contributed by atoms with Crippen LogP contribution in [0.1, 0.15) is 31.7 Å². The summed E-state index contributed by atoms with van der Waals surface area (Å²) >= 11 is 0. The highest BCUT2D eigenvalue weighted by molar-refractivity contribution is 5.69. The normalized spacial score (nSPS) is 23.1. The molecule has 3 rings (SSSR count). The average Bonchev–Trinajstić information content (AvgIpc) is 2.99. The fourth-order valence-electron chi connectivity index (χ4n) is 3.38. The second-order valence-corrected chi connectivity index (χ2v) is 5.71. The van der Waals surface area contributed by atoms with Gasteiger partial charge in [0.05, 0.1) is 6.61 Å². The molecule has 1 aromatic carbocycles. The lowest BCUT2D eigenvalue weighted by molar-refractivity contribution is 0.0979. The van der Waals surface area contributed by atoms with Gasteiger partial charge >= 0.3 is 6.09 Å². The van der Waals surface area contributed by atoms with Crippen LogP contribution in [0.5, 0.6) is 0 Å². The number of allylic oxidation sites excluding steroid dienone is 1. The van der Waals surface area contributed by atoms with Crippen LogP contribution in [-0.2, 0) is 4.74 Å². The number of hydrogen-bond acceptors (Lipinski definition) is 2. The fraction of sp³-hybridized carbons (Fsp3) is 0.421. The average molecular weight is 295 g/mol. The predicted octanol–water partition coefficient (Wildman–Crippen LogP) is 3.61. The molecule has 1 heterocycles. The molecular formula is C19H21NO2. The Kier molecular flexibility index (Phi) is 4.48. The molecule has 0 spiro atoms. The summed E-state index contributed by atoms with van der Waals surface area (Å²) in [5.74, 6) is 6.95. The van der Waals surface area contributed by atoms with E-state index in [1.807, 2.05) is 42.2 Å². The number of hydrogen-bond donors (Lipinski definition) is 0. The Morgan fingerprint density at radius 1 is 1.27 bits per heavy atom. The smallest absolute Gasteiger partial charge is 0.410 e. The molecule has 1 aliphatic heterocycles. The number of rotatable bonds is 1. The van der Waals surface area contributed by atoms with Crippen LogP contribution in [0.4, 0.5) is 4.79 Å². The van der Waals surface area contributed by atoms with Crippen molar-refractivity contribution in [2.24, 2.45) is 5.92 Å². The molecule has 22 heavy (non-hydrogen) atoms. The highest BCUT2D eigenvalue weighted by atomic mass is 16.6. The molecule has 2 atom stereocenters. The van der Waals surface area contributed by atoms with Crippen LogP contribution in [0.3, 0.4) is 0 Å². The first-order valence-electron chi connectivity index (χ1n) is 8.00. The van der Waals surface area contributed by atoms with Crippen molar-refractivity contribution in [1.82, 2.24) is 4.90 Å². The van der Waals surface area contributed by atoms with E-state index in [1.54, 1.807) is 0 Å². The van der Waals surface area contributed by atoms with E-state index >= 15 is 0 Å². The zero-order chi connectivity index (χ0) is 15.4. The fourth-order valence-corrected chi connectivity index (χ4v) is 3.38. The van der Waals surface area contributed by atoms with Crippen molar-refractivity contribution in [2.75, 3.05) is 13.2 Å². The van der Waals surface area contributed by atoms with Gasteiger partial charge in [-0.2, -0.15) is 0 Å². The first kappa shape index (κ1) is 14.7. The molecule has 0 saturated carbocycles. The molecule has 3 nitrogen and oxygen atoms in total. The lowest BCUT2D eigenvalue weighted by Gasteiger charge is -2.30. The molecule has 1 aliphatic carbocycles. The first-order valence-corrected chi connectivity index (χ1v) is 8.00. The minimum Gasteiger partial charge on any atom is -0.450 e. The molecule has 0 bridgehead atoms. The Morgan fingerprint density at radius 2 is 2.09 bits per heavy atom. The summed E-state index contributed by atoms with van der Waals surface area (Å²) < 4.78 is 5.17. The van der Waals surface area contributed by atoms with E-state index < -0.39 is 0 Å². The van der Waals surface area contributed by atoms with E-state index in [4.69, 9.17) is 4.74 Å². The molecule has 1 fully saturated rings. The van der Waals surface area contributed by atoms with Crippen molar-refractivity contribution in [3.8, 4) is 11.8 Å². The molecule has 2 aliphatic rings. The third-order valence-electron chi connectivity index (χ3n) is 4.40. The van der Waals surface area contributed by atoms with Crippen LogP contribution in [0, 0.1) is 17.8 Å². The van der Waals surface area contributed by atoms with E-state index in [1.165, 1.54) is 5.57 Å². The van der Waals surface area contributed by atoms with Crippen molar-refractivity contribution in [3.63, 3.8) is 0 Å². The third kappa shape index (κ3) is 3.01. The Labute approximate surface area is 132 Å². The molecule has 3 heteroatoms. The molecule has 1 amide bonds. The third-order valence-corrected chi connectivity index (χ3v) is 4.40. The topological polar surface area (TPSA) is 29.5 Å². The van der Waals surface area contributed by atoms with Crippen molar-refractivity contribution in [3.05, 3.63) is 47.5 Å². The molecule has 1 aromatic rings. The van der Waals surface area contributed by atoms with Crippen LogP contribution < -0.4 is 0 Å². The number of carbonyl (C=O) groups is 1. The Bertz CT molecular complexity index is 624. The highest BCUT2D eigenvalue weighted by Crippen LogP contribution is 2.37. The van der Waals surface area contributed by atoms with Crippen molar-refractivity contribution in [2.45, 2.75) is 32.2 Å². The number of benzene rings is 1. The summed E-state index contributed by atoms with van der Waals surface area (Å²) in [6, 6.07) is 10.3. The summed E-state index contributed by atoms with van der Waals surface area (Å²) in [6.45, 7) is 3.06. The summed E-state index contributed by atoms with van der Waals surface area (Å²) in [7, 11) is 0. The zero-order valence-corrected chi connectivity index (χ0v) is 12.9. The molecule has 0 radical (unpaired) electrons.